The molecule has 0 saturated carbocycles. The van der Waals surface area contributed by atoms with Crippen molar-refractivity contribution in [3.63, 3.8) is 0 Å². The van der Waals surface area contributed by atoms with Crippen molar-refractivity contribution in [3.05, 3.63) is 29.8 Å². The van der Waals surface area contributed by atoms with Crippen molar-refractivity contribution in [2.75, 3.05) is 26.3 Å². The molecular weight excluding hydrogens is 256 g/mol. The number of amides is 1. The molecule has 0 spiro atoms. The SMILES string of the molecule is NC1CCN(C(=O)C=Cc2ccc3c(c2)OCCO3)C1. The van der Waals surface area contributed by atoms with Gasteiger partial charge in [0.15, 0.2) is 11.5 Å². The van der Waals surface area contributed by atoms with E-state index in [1.807, 2.05) is 18.2 Å². The average Bonchev–Trinajstić information content (AvgIpc) is 2.91. The maximum absolute atomic E-state index is 12.0. The van der Waals surface area contributed by atoms with Crippen molar-refractivity contribution in [3.8, 4) is 11.5 Å². The molecule has 0 bridgehead atoms. The highest BCUT2D eigenvalue weighted by Crippen LogP contribution is 2.31. The Morgan fingerprint density at radius 1 is 1.30 bits per heavy atom. The van der Waals surface area contributed by atoms with Crippen LogP contribution in [0.5, 0.6) is 11.5 Å². The van der Waals surface area contributed by atoms with Crippen molar-refractivity contribution >= 4 is 12.0 Å². The Morgan fingerprint density at radius 2 is 2.10 bits per heavy atom. The number of rotatable bonds is 2. The Labute approximate surface area is 118 Å². The van der Waals surface area contributed by atoms with Crippen LogP contribution in [0.1, 0.15) is 12.0 Å². The molecule has 0 radical (unpaired) electrons. The van der Waals surface area contributed by atoms with Crippen molar-refractivity contribution in [1.82, 2.24) is 4.90 Å². The van der Waals surface area contributed by atoms with Gasteiger partial charge in [-0.25, -0.2) is 0 Å². The number of ether oxygens (including phenoxy) is 2. The number of nitrogens with two attached hydrogens (primary N) is 1. The number of likely N-dealkylation sites (tertiary alicyclic amines) is 1. The predicted molar refractivity (Wildman–Crippen MR) is 75.6 cm³/mol. The summed E-state index contributed by atoms with van der Waals surface area (Å²) in [5.41, 5.74) is 6.72. The fraction of sp³-hybridized carbons (Fsp3) is 0.400. The lowest BCUT2D eigenvalue weighted by Gasteiger charge is -2.18. The predicted octanol–water partition coefficient (Wildman–Crippen LogP) is 1.03. The molecular formula is C15H18N2O3. The second kappa shape index (κ2) is 5.54. The van der Waals surface area contributed by atoms with Crippen LogP contribution in [0.25, 0.3) is 6.08 Å². The standard InChI is InChI=1S/C15H18N2O3/c16-12-5-6-17(10-12)15(18)4-2-11-1-3-13-14(9-11)20-8-7-19-13/h1-4,9,12H,5-8,10,16H2. The zero-order valence-corrected chi connectivity index (χ0v) is 11.2. The molecule has 106 valence electrons. The summed E-state index contributed by atoms with van der Waals surface area (Å²) in [5.74, 6) is 1.49. The van der Waals surface area contributed by atoms with E-state index in [9.17, 15) is 4.79 Å². The van der Waals surface area contributed by atoms with Crippen LogP contribution in [0, 0.1) is 0 Å². The third-order valence-corrected chi connectivity index (χ3v) is 3.52. The monoisotopic (exact) mass is 274 g/mol. The Balaban J connectivity index is 1.68. The van der Waals surface area contributed by atoms with Crippen molar-refractivity contribution in [2.24, 2.45) is 5.73 Å². The minimum Gasteiger partial charge on any atom is -0.486 e. The first-order valence-corrected chi connectivity index (χ1v) is 6.84. The number of fused-ring (bicyclic) bond motifs is 1. The highest BCUT2D eigenvalue weighted by atomic mass is 16.6. The number of benzene rings is 1. The topological polar surface area (TPSA) is 64.8 Å². The molecule has 2 N–H and O–H groups in total. The highest BCUT2D eigenvalue weighted by Gasteiger charge is 2.21. The van der Waals surface area contributed by atoms with Gasteiger partial charge in [0, 0.05) is 25.2 Å². The zero-order valence-electron chi connectivity index (χ0n) is 11.2. The lowest BCUT2D eigenvalue weighted by Crippen LogP contribution is -2.30. The van der Waals surface area contributed by atoms with Crippen LogP contribution in [0.4, 0.5) is 0 Å². The molecule has 1 aromatic rings. The van der Waals surface area contributed by atoms with Gasteiger partial charge in [0.25, 0.3) is 0 Å². The summed E-state index contributed by atoms with van der Waals surface area (Å²) in [7, 11) is 0. The zero-order chi connectivity index (χ0) is 13.9. The van der Waals surface area contributed by atoms with Gasteiger partial charge in [0.2, 0.25) is 5.91 Å². The quantitative estimate of drug-likeness (QED) is 0.818. The summed E-state index contributed by atoms with van der Waals surface area (Å²) in [4.78, 5) is 13.8. The van der Waals surface area contributed by atoms with Crippen LogP contribution >= 0.6 is 0 Å². The third kappa shape index (κ3) is 2.77. The fourth-order valence-electron chi connectivity index (χ4n) is 2.42. The van der Waals surface area contributed by atoms with Crippen LogP contribution in [0.3, 0.4) is 0 Å². The molecule has 1 fully saturated rings. The number of hydrogen-bond acceptors (Lipinski definition) is 4. The molecule has 3 rings (SSSR count). The van der Waals surface area contributed by atoms with Crippen LogP contribution < -0.4 is 15.2 Å². The van der Waals surface area contributed by atoms with Gasteiger partial charge >= 0.3 is 0 Å². The Morgan fingerprint density at radius 3 is 2.85 bits per heavy atom. The van der Waals surface area contributed by atoms with E-state index < -0.39 is 0 Å². The van der Waals surface area contributed by atoms with E-state index in [-0.39, 0.29) is 11.9 Å². The van der Waals surface area contributed by atoms with Crippen LogP contribution in [-0.4, -0.2) is 43.2 Å². The summed E-state index contributed by atoms with van der Waals surface area (Å²) in [6.45, 7) is 2.52. The van der Waals surface area contributed by atoms with Gasteiger partial charge in [-0.2, -0.15) is 0 Å². The van der Waals surface area contributed by atoms with Gasteiger partial charge in [-0.3, -0.25) is 4.79 Å². The normalized spacial score (nSPS) is 21.4. The molecule has 1 amide bonds. The average molecular weight is 274 g/mol. The van der Waals surface area contributed by atoms with Crippen molar-refractivity contribution in [1.29, 1.82) is 0 Å². The molecule has 1 aromatic carbocycles. The van der Waals surface area contributed by atoms with Crippen molar-refractivity contribution < 1.29 is 14.3 Å². The second-order valence-corrected chi connectivity index (χ2v) is 5.07. The van der Waals surface area contributed by atoms with Gasteiger partial charge in [-0.05, 0) is 30.2 Å². The molecule has 2 aliphatic heterocycles. The van der Waals surface area contributed by atoms with Gasteiger partial charge in [0.05, 0.1) is 0 Å². The summed E-state index contributed by atoms with van der Waals surface area (Å²) in [6.07, 6.45) is 4.26. The van der Waals surface area contributed by atoms with Crippen LogP contribution in [0.15, 0.2) is 24.3 Å². The van der Waals surface area contributed by atoms with E-state index >= 15 is 0 Å². The molecule has 2 heterocycles. The molecule has 5 heteroatoms. The minimum atomic E-state index is 0.00726. The van der Waals surface area contributed by atoms with Crippen LogP contribution in [0.2, 0.25) is 0 Å². The minimum absolute atomic E-state index is 0.00726. The van der Waals surface area contributed by atoms with E-state index in [1.165, 1.54) is 0 Å². The molecule has 20 heavy (non-hydrogen) atoms. The number of carbonyl (C=O) groups excluding carboxylic acids is 1. The summed E-state index contributed by atoms with van der Waals surface area (Å²) in [5, 5.41) is 0. The van der Waals surface area contributed by atoms with Gasteiger partial charge in [-0.15, -0.1) is 0 Å². The van der Waals surface area contributed by atoms with Gasteiger partial charge in [-0.1, -0.05) is 6.07 Å². The lowest BCUT2D eigenvalue weighted by molar-refractivity contribution is -0.124. The first-order valence-electron chi connectivity index (χ1n) is 6.84. The first-order chi connectivity index (χ1) is 9.72. The molecule has 0 aliphatic carbocycles. The molecule has 2 aliphatic rings. The summed E-state index contributed by atoms with van der Waals surface area (Å²) in [6, 6.07) is 5.77. The number of nitrogens with zero attached hydrogens (tertiary/aromatic N) is 1. The van der Waals surface area contributed by atoms with Gasteiger partial charge < -0.3 is 20.1 Å². The maximum Gasteiger partial charge on any atom is 0.246 e. The van der Waals surface area contributed by atoms with E-state index in [0.717, 1.165) is 30.0 Å². The van der Waals surface area contributed by atoms with E-state index in [4.69, 9.17) is 15.2 Å². The fourth-order valence-corrected chi connectivity index (χ4v) is 2.42. The Kier molecular flexibility index (Phi) is 3.60. The number of hydrogen-bond donors (Lipinski definition) is 1. The molecule has 5 nitrogen and oxygen atoms in total. The van der Waals surface area contributed by atoms with Crippen molar-refractivity contribution in [2.45, 2.75) is 12.5 Å². The van der Waals surface area contributed by atoms with Crippen LogP contribution in [-0.2, 0) is 4.79 Å². The first kappa shape index (κ1) is 13.0. The lowest BCUT2D eigenvalue weighted by atomic mass is 10.2. The third-order valence-electron chi connectivity index (χ3n) is 3.52. The van der Waals surface area contributed by atoms with Gasteiger partial charge in [0.1, 0.15) is 13.2 Å². The molecule has 1 saturated heterocycles. The molecule has 1 unspecified atom stereocenters. The van der Waals surface area contributed by atoms with E-state index in [1.54, 1.807) is 17.1 Å². The summed E-state index contributed by atoms with van der Waals surface area (Å²) >= 11 is 0. The molecule has 0 aromatic heterocycles. The van der Waals surface area contributed by atoms with E-state index in [2.05, 4.69) is 0 Å². The van der Waals surface area contributed by atoms with E-state index in [0.29, 0.717) is 19.8 Å². The Bertz CT molecular complexity index is 542. The molecule has 1 atom stereocenters. The number of carbonyl (C=O) groups is 1. The largest absolute Gasteiger partial charge is 0.486 e. The second-order valence-electron chi connectivity index (χ2n) is 5.07. The highest BCUT2D eigenvalue weighted by molar-refractivity contribution is 5.92. The summed E-state index contributed by atoms with van der Waals surface area (Å²) < 4.78 is 11.0. The maximum atomic E-state index is 12.0. The smallest absolute Gasteiger partial charge is 0.246 e. The Hall–Kier alpha value is -2.01.